The number of hydrogen-bond acceptors (Lipinski definition) is 2. The molecule has 0 heterocycles. The first kappa shape index (κ1) is 12.4. The topological polar surface area (TPSA) is 18.5 Å². The first-order valence-electron chi connectivity index (χ1n) is 4.10. The van der Waals surface area contributed by atoms with Gasteiger partial charge in [-0.3, -0.25) is 0 Å². The Morgan fingerprint density at radius 2 is 2.00 bits per heavy atom. The summed E-state index contributed by atoms with van der Waals surface area (Å²) in [6.07, 6.45) is -4.66. The summed E-state index contributed by atoms with van der Waals surface area (Å²) in [5, 5.41) is 0. The summed E-state index contributed by atoms with van der Waals surface area (Å²) in [6.45, 7) is 2.27. The molecule has 1 rings (SSSR count). The second kappa shape index (κ2) is 4.91. The Labute approximate surface area is 98.5 Å². The van der Waals surface area contributed by atoms with Crippen LogP contribution in [0.25, 0.3) is 0 Å². The Morgan fingerprint density at radius 1 is 1.33 bits per heavy atom. The van der Waals surface area contributed by atoms with Gasteiger partial charge in [-0.1, -0.05) is 0 Å². The Bertz CT molecular complexity index is 339. The van der Waals surface area contributed by atoms with E-state index in [2.05, 4.69) is 4.74 Å². The molecule has 0 saturated carbocycles. The van der Waals surface area contributed by atoms with Crippen LogP contribution in [-0.2, 0) is 0 Å². The van der Waals surface area contributed by atoms with Gasteiger partial charge in [0.05, 0.1) is 10.2 Å². The predicted octanol–water partition coefficient (Wildman–Crippen LogP) is 3.59. The van der Waals surface area contributed by atoms with Crippen molar-refractivity contribution in [3.8, 4) is 11.5 Å². The zero-order valence-corrected chi connectivity index (χ0v) is 9.93. The van der Waals surface area contributed by atoms with Gasteiger partial charge in [0, 0.05) is 0 Å². The van der Waals surface area contributed by atoms with Crippen molar-refractivity contribution in [2.75, 3.05) is 6.61 Å². The highest BCUT2D eigenvalue weighted by Crippen LogP contribution is 2.29. The molecule has 0 fully saturated rings. The molecule has 0 spiro atoms. The average Bonchev–Trinajstić information content (AvgIpc) is 2.07. The SMILES string of the molecule is CCOc1ccc(OC(F)(F)F)cc1I. The third-order valence-corrected chi connectivity index (χ3v) is 2.28. The largest absolute Gasteiger partial charge is 0.573 e. The zero-order chi connectivity index (χ0) is 11.5. The molecule has 1 aromatic rings. The zero-order valence-electron chi connectivity index (χ0n) is 7.77. The molecule has 0 atom stereocenters. The van der Waals surface area contributed by atoms with Crippen LogP contribution in [0, 0.1) is 3.57 Å². The molecule has 0 unspecified atom stereocenters. The van der Waals surface area contributed by atoms with Crippen LogP contribution in [0.4, 0.5) is 13.2 Å². The highest BCUT2D eigenvalue weighted by atomic mass is 127. The molecular weight excluding hydrogens is 324 g/mol. The average molecular weight is 332 g/mol. The molecule has 0 aliphatic rings. The van der Waals surface area contributed by atoms with Gasteiger partial charge in [-0.15, -0.1) is 13.2 Å². The third kappa shape index (κ3) is 4.15. The lowest BCUT2D eigenvalue weighted by Gasteiger charge is -2.11. The second-order valence-corrected chi connectivity index (χ2v) is 3.74. The monoisotopic (exact) mass is 332 g/mol. The van der Waals surface area contributed by atoms with Crippen LogP contribution in [0.15, 0.2) is 18.2 Å². The maximum atomic E-state index is 11.9. The van der Waals surface area contributed by atoms with Gasteiger partial charge in [-0.25, -0.2) is 0 Å². The lowest BCUT2D eigenvalue weighted by atomic mass is 10.3. The Hall–Kier alpha value is -0.660. The fourth-order valence-electron chi connectivity index (χ4n) is 0.951. The van der Waals surface area contributed by atoms with Crippen LogP contribution in [0.2, 0.25) is 0 Å². The fraction of sp³-hybridized carbons (Fsp3) is 0.333. The summed E-state index contributed by atoms with van der Waals surface area (Å²) in [5.41, 5.74) is 0. The Balaban J connectivity index is 2.82. The van der Waals surface area contributed by atoms with Gasteiger partial charge in [0.15, 0.2) is 0 Å². The fourth-order valence-corrected chi connectivity index (χ4v) is 1.59. The van der Waals surface area contributed by atoms with Gasteiger partial charge < -0.3 is 9.47 Å². The van der Waals surface area contributed by atoms with E-state index < -0.39 is 6.36 Å². The molecule has 6 heteroatoms. The van der Waals surface area contributed by atoms with E-state index in [9.17, 15) is 13.2 Å². The second-order valence-electron chi connectivity index (χ2n) is 2.57. The van der Waals surface area contributed by atoms with Crippen LogP contribution in [0.3, 0.4) is 0 Å². The van der Waals surface area contributed by atoms with E-state index in [1.807, 2.05) is 22.6 Å². The molecular formula is C9H8F3IO2. The van der Waals surface area contributed by atoms with Gasteiger partial charge in [0.25, 0.3) is 0 Å². The number of alkyl halides is 3. The molecule has 0 aliphatic heterocycles. The summed E-state index contributed by atoms with van der Waals surface area (Å²) in [5.74, 6) is 0.308. The molecule has 0 amide bonds. The van der Waals surface area contributed by atoms with Crippen molar-refractivity contribution in [3.05, 3.63) is 21.8 Å². The van der Waals surface area contributed by atoms with Crippen molar-refractivity contribution in [1.82, 2.24) is 0 Å². The molecule has 0 bridgehead atoms. The van der Waals surface area contributed by atoms with Crippen molar-refractivity contribution in [1.29, 1.82) is 0 Å². The van der Waals surface area contributed by atoms with Crippen LogP contribution in [0.1, 0.15) is 6.92 Å². The normalized spacial score (nSPS) is 11.3. The molecule has 15 heavy (non-hydrogen) atoms. The summed E-state index contributed by atoms with van der Waals surface area (Å²) in [7, 11) is 0. The van der Waals surface area contributed by atoms with Gasteiger partial charge in [0.1, 0.15) is 11.5 Å². The minimum Gasteiger partial charge on any atom is -0.493 e. The quantitative estimate of drug-likeness (QED) is 0.788. The Kier molecular flexibility index (Phi) is 4.06. The van der Waals surface area contributed by atoms with E-state index in [0.29, 0.717) is 15.9 Å². The van der Waals surface area contributed by atoms with E-state index in [1.54, 1.807) is 6.92 Å². The van der Waals surface area contributed by atoms with Crippen molar-refractivity contribution < 1.29 is 22.6 Å². The lowest BCUT2D eigenvalue weighted by Crippen LogP contribution is -2.17. The van der Waals surface area contributed by atoms with Crippen LogP contribution >= 0.6 is 22.6 Å². The van der Waals surface area contributed by atoms with Crippen molar-refractivity contribution in [3.63, 3.8) is 0 Å². The smallest absolute Gasteiger partial charge is 0.493 e. The summed E-state index contributed by atoms with van der Waals surface area (Å²) >= 11 is 1.89. The number of hydrogen-bond donors (Lipinski definition) is 0. The third-order valence-electron chi connectivity index (χ3n) is 1.44. The maximum Gasteiger partial charge on any atom is 0.573 e. The van der Waals surface area contributed by atoms with Crippen LogP contribution < -0.4 is 9.47 Å². The summed E-state index contributed by atoms with van der Waals surface area (Å²) in [4.78, 5) is 0. The number of ether oxygens (including phenoxy) is 2. The molecule has 84 valence electrons. The maximum absolute atomic E-state index is 11.9. The van der Waals surface area contributed by atoms with Crippen molar-refractivity contribution in [2.45, 2.75) is 13.3 Å². The van der Waals surface area contributed by atoms with Gasteiger partial charge >= 0.3 is 6.36 Å². The molecule has 2 nitrogen and oxygen atoms in total. The number of halogens is 4. The minimum atomic E-state index is -4.66. The first-order chi connectivity index (χ1) is 6.92. The molecule has 1 aromatic carbocycles. The predicted molar refractivity (Wildman–Crippen MR) is 57.0 cm³/mol. The van der Waals surface area contributed by atoms with Crippen LogP contribution in [0.5, 0.6) is 11.5 Å². The first-order valence-corrected chi connectivity index (χ1v) is 5.18. The van der Waals surface area contributed by atoms with E-state index in [-0.39, 0.29) is 5.75 Å². The highest BCUT2D eigenvalue weighted by molar-refractivity contribution is 14.1. The van der Waals surface area contributed by atoms with Crippen LogP contribution in [-0.4, -0.2) is 13.0 Å². The minimum absolute atomic E-state index is 0.240. The van der Waals surface area contributed by atoms with E-state index in [0.717, 1.165) is 0 Å². The van der Waals surface area contributed by atoms with Gasteiger partial charge in [-0.05, 0) is 47.7 Å². The standard InChI is InChI=1S/C9H8F3IO2/c1-2-14-8-4-3-6(5-7(8)13)15-9(10,11)12/h3-5H,2H2,1H3. The van der Waals surface area contributed by atoms with E-state index >= 15 is 0 Å². The van der Waals surface area contributed by atoms with Gasteiger partial charge in [0.2, 0.25) is 0 Å². The highest BCUT2D eigenvalue weighted by Gasteiger charge is 2.31. The summed E-state index contributed by atoms with van der Waals surface area (Å²) in [6, 6.07) is 3.95. The van der Waals surface area contributed by atoms with Crippen molar-refractivity contribution in [2.24, 2.45) is 0 Å². The van der Waals surface area contributed by atoms with Crippen molar-refractivity contribution >= 4 is 22.6 Å². The Morgan fingerprint density at radius 3 is 2.47 bits per heavy atom. The molecule has 0 N–H and O–H groups in total. The van der Waals surface area contributed by atoms with E-state index in [4.69, 9.17) is 4.74 Å². The molecule has 0 saturated heterocycles. The molecule has 0 aromatic heterocycles. The molecule has 0 aliphatic carbocycles. The molecule has 0 radical (unpaired) electrons. The lowest BCUT2D eigenvalue weighted by molar-refractivity contribution is -0.274. The number of benzene rings is 1. The van der Waals surface area contributed by atoms with Gasteiger partial charge in [-0.2, -0.15) is 0 Å². The summed E-state index contributed by atoms with van der Waals surface area (Å²) < 4.78 is 45.1. The number of rotatable bonds is 3. The van der Waals surface area contributed by atoms with E-state index in [1.165, 1.54) is 18.2 Å².